The van der Waals surface area contributed by atoms with Crippen LogP contribution in [0.3, 0.4) is 0 Å². The van der Waals surface area contributed by atoms with Gasteiger partial charge in [0.15, 0.2) is 0 Å². The van der Waals surface area contributed by atoms with Gasteiger partial charge in [0.2, 0.25) is 0 Å². The van der Waals surface area contributed by atoms with Crippen LogP contribution in [-0.4, -0.2) is 13.1 Å². The van der Waals surface area contributed by atoms with Crippen LogP contribution >= 0.6 is 0 Å². The fraction of sp³-hybridized carbons (Fsp3) is 0.533. The molecule has 17 heavy (non-hydrogen) atoms. The molecule has 0 heterocycles. The Kier molecular flexibility index (Phi) is 4.33. The van der Waals surface area contributed by atoms with Crippen molar-refractivity contribution in [3.63, 3.8) is 0 Å². The molecule has 0 aliphatic carbocycles. The number of methoxy groups -OCH3 is 1. The van der Waals surface area contributed by atoms with Crippen molar-refractivity contribution in [2.45, 2.75) is 33.6 Å². The van der Waals surface area contributed by atoms with E-state index in [2.05, 4.69) is 27.7 Å². The highest BCUT2D eigenvalue weighted by atomic mass is 16.5. The second-order valence-electron chi connectivity index (χ2n) is 5.34. The third-order valence-electron chi connectivity index (χ3n) is 3.80. The van der Waals surface area contributed by atoms with Crippen LogP contribution in [0, 0.1) is 11.3 Å². The van der Waals surface area contributed by atoms with Crippen molar-refractivity contribution in [1.82, 2.24) is 0 Å². The van der Waals surface area contributed by atoms with E-state index < -0.39 is 0 Å². The lowest BCUT2D eigenvalue weighted by molar-refractivity contribution is -0.146. The van der Waals surface area contributed by atoms with Crippen molar-refractivity contribution in [1.29, 1.82) is 0 Å². The minimum absolute atomic E-state index is 0.131. The van der Waals surface area contributed by atoms with Crippen LogP contribution in [0.1, 0.15) is 39.2 Å². The van der Waals surface area contributed by atoms with Gasteiger partial charge in [0, 0.05) is 0 Å². The summed E-state index contributed by atoms with van der Waals surface area (Å²) in [6.07, 6.45) is 0. The summed E-state index contributed by atoms with van der Waals surface area (Å²) in [7, 11) is 1.45. The van der Waals surface area contributed by atoms with Crippen LogP contribution in [0.5, 0.6) is 0 Å². The Morgan fingerprint density at radius 3 is 2.12 bits per heavy atom. The van der Waals surface area contributed by atoms with E-state index in [1.807, 2.05) is 30.3 Å². The minimum atomic E-state index is -0.214. The third-order valence-corrected chi connectivity index (χ3v) is 3.80. The number of carbonyl (C=O) groups is 1. The summed E-state index contributed by atoms with van der Waals surface area (Å²) in [6.45, 7) is 8.51. The molecular weight excluding hydrogens is 212 g/mol. The molecule has 0 spiro atoms. The number of ether oxygens (including phenoxy) is 1. The molecule has 0 N–H and O–H groups in total. The summed E-state index contributed by atoms with van der Waals surface area (Å²) < 4.78 is 4.96. The Bertz CT molecular complexity index is 366. The zero-order chi connectivity index (χ0) is 13.1. The van der Waals surface area contributed by atoms with Crippen molar-refractivity contribution in [3.05, 3.63) is 35.9 Å². The molecule has 1 atom stereocenters. The number of esters is 1. The Morgan fingerprint density at radius 1 is 1.18 bits per heavy atom. The number of hydrogen-bond acceptors (Lipinski definition) is 2. The van der Waals surface area contributed by atoms with Crippen molar-refractivity contribution >= 4 is 5.97 Å². The third kappa shape index (κ3) is 2.87. The average molecular weight is 234 g/mol. The Hall–Kier alpha value is -1.31. The maximum Gasteiger partial charge on any atom is 0.313 e. The number of carbonyl (C=O) groups excluding carboxylic acids is 1. The van der Waals surface area contributed by atoms with Crippen LogP contribution in [-0.2, 0) is 9.53 Å². The van der Waals surface area contributed by atoms with Crippen molar-refractivity contribution < 1.29 is 9.53 Å². The van der Waals surface area contributed by atoms with Gasteiger partial charge in [-0.1, -0.05) is 58.0 Å². The summed E-state index contributed by atoms with van der Waals surface area (Å²) in [5.41, 5.74) is 0.895. The van der Waals surface area contributed by atoms with Gasteiger partial charge in [-0.05, 0) is 16.9 Å². The van der Waals surface area contributed by atoms with E-state index in [-0.39, 0.29) is 17.3 Å². The first kappa shape index (κ1) is 13.8. The molecule has 0 saturated heterocycles. The highest BCUT2D eigenvalue weighted by Crippen LogP contribution is 2.42. The Morgan fingerprint density at radius 2 is 1.71 bits per heavy atom. The first-order valence-corrected chi connectivity index (χ1v) is 6.04. The van der Waals surface area contributed by atoms with Gasteiger partial charge in [-0.25, -0.2) is 0 Å². The van der Waals surface area contributed by atoms with Gasteiger partial charge in [0.1, 0.15) is 0 Å². The summed E-state index contributed by atoms with van der Waals surface area (Å²) in [4.78, 5) is 12.0. The lowest BCUT2D eigenvalue weighted by Crippen LogP contribution is -2.34. The van der Waals surface area contributed by atoms with Gasteiger partial charge >= 0.3 is 5.97 Å². The van der Waals surface area contributed by atoms with Gasteiger partial charge in [-0.15, -0.1) is 0 Å². The van der Waals surface area contributed by atoms with E-state index in [4.69, 9.17) is 4.74 Å². The van der Waals surface area contributed by atoms with Crippen molar-refractivity contribution in [2.75, 3.05) is 7.11 Å². The SMILES string of the molecule is COC(=O)[C@@H](c1ccccc1)C(C)(C)C(C)C. The standard InChI is InChI=1S/C15H22O2/c1-11(2)15(3,4)13(14(16)17-5)12-9-7-6-8-10-12/h6-11,13H,1-5H3/t13-/m1/s1. The molecule has 0 bridgehead atoms. The molecule has 0 unspecified atom stereocenters. The molecule has 1 rings (SSSR count). The molecule has 0 radical (unpaired) electrons. The summed E-state index contributed by atoms with van der Waals surface area (Å²) in [6, 6.07) is 9.86. The van der Waals surface area contributed by atoms with Crippen LogP contribution < -0.4 is 0 Å². The van der Waals surface area contributed by atoms with Gasteiger partial charge in [0.25, 0.3) is 0 Å². The molecule has 0 amide bonds. The van der Waals surface area contributed by atoms with E-state index in [1.54, 1.807) is 0 Å². The molecule has 2 nitrogen and oxygen atoms in total. The molecule has 0 saturated carbocycles. The lowest BCUT2D eigenvalue weighted by atomic mass is 9.68. The van der Waals surface area contributed by atoms with Crippen LogP contribution in [0.15, 0.2) is 30.3 Å². The van der Waals surface area contributed by atoms with Crippen molar-refractivity contribution in [3.8, 4) is 0 Å². The van der Waals surface area contributed by atoms with Crippen LogP contribution in [0.2, 0.25) is 0 Å². The predicted molar refractivity (Wildman–Crippen MR) is 69.8 cm³/mol. The lowest BCUT2D eigenvalue weighted by Gasteiger charge is -2.36. The Balaban J connectivity index is 3.18. The zero-order valence-corrected chi connectivity index (χ0v) is 11.4. The Labute approximate surface area is 104 Å². The summed E-state index contributed by atoms with van der Waals surface area (Å²) in [5.74, 6) is 0.0235. The quantitative estimate of drug-likeness (QED) is 0.744. The van der Waals surface area contributed by atoms with E-state index in [1.165, 1.54) is 7.11 Å². The largest absolute Gasteiger partial charge is 0.469 e. The molecule has 1 aromatic carbocycles. The van der Waals surface area contributed by atoms with E-state index >= 15 is 0 Å². The summed E-state index contributed by atoms with van der Waals surface area (Å²) in [5, 5.41) is 0. The number of benzene rings is 1. The van der Waals surface area contributed by atoms with Gasteiger partial charge < -0.3 is 4.74 Å². The first-order valence-electron chi connectivity index (χ1n) is 6.04. The van der Waals surface area contributed by atoms with Crippen LogP contribution in [0.4, 0.5) is 0 Å². The molecule has 94 valence electrons. The molecule has 0 aromatic heterocycles. The fourth-order valence-electron chi connectivity index (χ4n) is 1.97. The highest BCUT2D eigenvalue weighted by molar-refractivity contribution is 5.79. The highest BCUT2D eigenvalue weighted by Gasteiger charge is 2.39. The van der Waals surface area contributed by atoms with E-state index in [0.29, 0.717) is 5.92 Å². The topological polar surface area (TPSA) is 26.3 Å². The molecular formula is C15H22O2. The van der Waals surface area contributed by atoms with Crippen molar-refractivity contribution in [2.24, 2.45) is 11.3 Å². The maximum atomic E-state index is 12.0. The first-order chi connectivity index (χ1) is 7.91. The van der Waals surface area contributed by atoms with Gasteiger partial charge in [0.05, 0.1) is 13.0 Å². The molecule has 2 heteroatoms. The molecule has 1 aromatic rings. The zero-order valence-electron chi connectivity index (χ0n) is 11.4. The maximum absolute atomic E-state index is 12.0. The minimum Gasteiger partial charge on any atom is -0.469 e. The molecule has 0 aliphatic rings. The van der Waals surface area contributed by atoms with Gasteiger partial charge in [-0.3, -0.25) is 4.79 Å². The second kappa shape index (κ2) is 5.35. The number of rotatable bonds is 4. The predicted octanol–water partition coefficient (Wildman–Crippen LogP) is 3.63. The van der Waals surface area contributed by atoms with Gasteiger partial charge in [-0.2, -0.15) is 0 Å². The van der Waals surface area contributed by atoms with Crippen LogP contribution in [0.25, 0.3) is 0 Å². The average Bonchev–Trinajstić information content (AvgIpc) is 2.30. The normalized spacial score (nSPS) is 13.5. The second-order valence-corrected chi connectivity index (χ2v) is 5.34. The summed E-state index contributed by atoms with van der Waals surface area (Å²) >= 11 is 0. The number of hydrogen-bond donors (Lipinski definition) is 0. The monoisotopic (exact) mass is 234 g/mol. The van der Waals surface area contributed by atoms with E-state index in [9.17, 15) is 4.79 Å². The molecule has 0 fully saturated rings. The van der Waals surface area contributed by atoms with E-state index in [0.717, 1.165) is 5.56 Å². The fourth-order valence-corrected chi connectivity index (χ4v) is 1.97. The molecule has 0 aliphatic heterocycles. The smallest absolute Gasteiger partial charge is 0.313 e.